The van der Waals surface area contributed by atoms with Crippen molar-refractivity contribution in [3.63, 3.8) is 0 Å². The molecule has 2 heterocycles. The number of fused-ring (bicyclic) bond motifs is 1. The van der Waals surface area contributed by atoms with Crippen LogP contribution in [-0.4, -0.2) is 37.7 Å². The Morgan fingerprint density at radius 3 is 2.88 bits per heavy atom. The van der Waals surface area contributed by atoms with Crippen LogP contribution in [0.3, 0.4) is 0 Å². The molecule has 0 fully saturated rings. The Balaban J connectivity index is 2.29. The van der Waals surface area contributed by atoms with Crippen LogP contribution in [-0.2, 0) is 0 Å². The van der Waals surface area contributed by atoms with Crippen molar-refractivity contribution in [2.24, 2.45) is 5.92 Å². The average Bonchev–Trinajstić information content (AvgIpc) is 2.73. The third-order valence-electron chi connectivity index (χ3n) is 2.55. The summed E-state index contributed by atoms with van der Waals surface area (Å²) in [5, 5.41) is 12.4. The summed E-state index contributed by atoms with van der Waals surface area (Å²) in [6.45, 7) is 4.15. The second-order valence-electron chi connectivity index (χ2n) is 4.00. The highest BCUT2D eigenvalue weighted by Gasteiger charge is 2.14. The summed E-state index contributed by atoms with van der Waals surface area (Å²) in [5.74, 6) is 0.994. The minimum absolute atomic E-state index is 0.0265. The molecule has 0 unspecified atom stereocenters. The summed E-state index contributed by atoms with van der Waals surface area (Å²) >= 11 is 0. The van der Waals surface area contributed by atoms with Gasteiger partial charge >= 0.3 is 0 Å². The molecule has 86 valence electrons. The molecule has 6 nitrogen and oxygen atoms in total. The van der Waals surface area contributed by atoms with E-state index in [1.165, 1.54) is 6.33 Å². The van der Waals surface area contributed by atoms with Crippen LogP contribution >= 0.6 is 0 Å². The van der Waals surface area contributed by atoms with Crippen LogP contribution in [0.1, 0.15) is 13.8 Å². The van der Waals surface area contributed by atoms with Crippen molar-refractivity contribution in [1.29, 1.82) is 0 Å². The third kappa shape index (κ3) is 1.96. The maximum Gasteiger partial charge on any atom is 0.182 e. The lowest BCUT2D eigenvalue weighted by molar-refractivity contribution is 0.249. The lowest BCUT2D eigenvalue weighted by Gasteiger charge is -2.20. The third-order valence-corrected chi connectivity index (χ3v) is 2.55. The summed E-state index contributed by atoms with van der Waals surface area (Å²) in [4.78, 5) is 15.2. The van der Waals surface area contributed by atoms with E-state index in [9.17, 15) is 5.11 Å². The first-order valence-electron chi connectivity index (χ1n) is 5.24. The van der Waals surface area contributed by atoms with Crippen molar-refractivity contribution in [2.45, 2.75) is 19.9 Å². The Hall–Kier alpha value is -1.69. The lowest BCUT2D eigenvalue weighted by Crippen LogP contribution is -2.30. The molecule has 0 radical (unpaired) electrons. The SMILES string of the molecule is CC(C)[C@H](CO)Nc1ncnc2nc[nH]c12. The van der Waals surface area contributed by atoms with Gasteiger partial charge in [0, 0.05) is 0 Å². The van der Waals surface area contributed by atoms with Gasteiger partial charge in [-0.1, -0.05) is 13.8 Å². The van der Waals surface area contributed by atoms with Crippen molar-refractivity contribution in [1.82, 2.24) is 19.9 Å². The van der Waals surface area contributed by atoms with Gasteiger partial charge < -0.3 is 15.4 Å². The zero-order valence-electron chi connectivity index (χ0n) is 9.31. The van der Waals surface area contributed by atoms with Gasteiger partial charge in [-0.3, -0.25) is 0 Å². The van der Waals surface area contributed by atoms with Crippen molar-refractivity contribution in [3.05, 3.63) is 12.7 Å². The number of aromatic nitrogens is 4. The normalized spacial score (nSPS) is 13.2. The molecule has 0 aliphatic rings. The zero-order valence-corrected chi connectivity index (χ0v) is 9.31. The monoisotopic (exact) mass is 221 g/mol. The van der Waals surface area contributed by atoms with E-state index in [0.717, 1.165) is 5.52 Å². The summed E-state index contributed by atoms with van der Waals surface area (Å²) < 4.78 is 0. The number of nitrogens with one attached hydrogen (secondary N) is 2. The summed E-state index contributed by atoms with van der Waals surface area (Å²) in [5.41, 5.74) is 1.39. The lowest BCUT2D eigenvalue weighted by atomic mass is 10.1. The molecule has 0 bridgehead atoms. The van der Waals surface area contributed by atoms with E-state index < -0.39 is 0 Å². The van der Waals surface area contributed by atoms with Crippen LogP contribution in [0.2, 0.25) is 0 Å². The molecular weight excluding hydrogens is 206 g/mol. The molecule has 0 aliphatic heterocycles. The van der Waals surface area contributed by atoms with Crippen molar-refractivity contribution in [2.75, 3.05) is 11.9 Å². The average molecular weight is 221 g/mol. The second-order valence-corrected chi connectivity index (χ2v) is 4.00. The molecule has 0 spiro atoms. The molecule has 16 heavy (non-hydrogen) atoms. The van der Waals surface area contributed by atoms with Gasteiger partial charge in [0.2, 0.25) is 0 Å². The number of aromatic amines is 1. The van der Waals surface area contributed by atoms with E-state index in [0.29, 0.717) is 17.4 Å². The van der Waals surface area contributed by atoms with E-state index in [2.05, 4.69) is 25.3 Å². The van der Waals surface area contributed by atoms with Crippen LogP contribution in [0.25, 0.3) is 11.2 Å². The highest BCUT2D eigenvalue weighted by atomic mass is 16.3. The highest BCUT2D eigenvalue weighted by Crippen LogP contribution is 2.17. The minimum atomic E-state index is -0.0265. The number of aliphatic hydroxyl groups excluding tert-OH is 1. The molecule has 0 saturated carbocycles. The molecule has 6 heteroatoms. The number of nitrogens with zero attached hydrogens (tertiary/aromatic N) is 3. The summed E-state index contributed by atoms with van der Waals surface area (Å²) in [7, 11) is 0. The predicted molar refractivity (Wildman–Crippen MR) is 61.0 cm³/mol. The van der Waals surface area contributed by atoms with Crippen LogP contribution in [0.4, 0.5) is 5.82 Å². The Kier molecular flexibility index (Phi) is 3.00. The molecular formula is C10H15N5O. The van der Waals surface area contributed by atoms with Crippen molar-refractivity contribution in [3.8, 4) is 0 Å². The first-order chi connectivity index (χ1) is 7.72. The Morgan fingerprint density at radius 1 is 1.38 bits per heavy atom. The quantitative estimate of drug-likeness (QED) is 0.710. The molecule has 0 aromatic carbocycles. The van der Waals surface area contributed by atoms with E-state index in [1.807, 2.05) is 13.8 Å². The van der Waals surface area contributed by atoms with Crippen molar-refractivity contribution < 1.29 is 5.11 Å². The fraction of sp³-hybridized carbons (Fsp3) is 0.500. The maximum absolute atomic E-state index is 9.25. The molecule has 0 aliphatic carbocycles. The first-order valence-corrected chi connectivity index (χ1v) is 5.24. The standard InChI is InChI=1S/C10H15N5O/c1-6(2)7(3-16)15-10-8-9(12-4-11-8)13-5-14-10/h4-7,16H,3H2,1-2H3,(H2,11,12,13,14,15)/t7-/m0/s1. The molecule has 0 saturated heterocycles. The van der Waals surface area contributed by atoms with Crippen LogP contribution in [0, 0.1) is 5.92 Å². The smallest absolute Gasteiger partial charge is 0.182 e. The minimum Gasteiger partial charge on any atom is -0.394 e. The number of rotatable bonds is 4. The fourth-order valence-electron chi connectivity index (χ4n) is 1.47. The Morgan fingerprint density at radius 2 is 2.19 bits per heavy atom. The van der Waals surface area contributed by atoms with Gasteiger partial charge in [0.1, 0.15) is 11.8 Å². The van der Waals surface area contributed by atoms with E-state index in [-0.39, 0.29) is 12.6 Å². The first kappa shape index (κ1) is 10.8. The summed E-state index contributed by atoms with van der Waals surface area (Å²) in [6, 6.07) is -0.0265. The molecule has 2 aromatic heterocycles. The van der Waals surface area contributed by atoms with Gasteiger partial charge in [-0.2, -0.15) is 0 Å². The Labute approximate surface area is 93.1 Å². The van der Waals surface area contributed by atoms with Gasteiger partial charge in [0.25, 0.3) is 0 Å². The second kappa shape index (κ2) is 4.44. The van der Waals surface area contributed by atoms with Crippen LogP contribution in [0.15, 0.2) is 12.7 Å². The Bertz CT molecular complexity index is 467. The van der Waals surface area contributed by atoms with Gasteiger partial charge in [-0.25, -0.2) is 15.0 Å². The zero-order chi connectivity index (χ0) is 11.5. The van der Waals surface area contributed by atoms with E-state index in [4.69, 9.17) is 0 Å². The predicted octanol–water partition coefficient (Wildman–Crippen LogP) is 0.782. The molecule has 2 rings (SSSR count). The number of hydrogen-bond donors (Lipinski definition) is 3. The maximum atomic E-state index is 9.25. The highest BCUT2D eigenvalue weighted by molar-refractivity contribution is 5.82. The molecule has 1 atom stereocenters. The van der Waals surface area contributed by atoms with Crippen LogP contribution in [0.5, 0.6) is 0 Å². The number of H-pyrrole nitrogens is 1. The van der Waals surface area contributed by atoms with Crippen molar-refractivity contribution >= 4 is 17.0 Å². The van der Waals surface area contributed by atoms with Gasteiger partial charge in [-0.15, -0.1) is 0 Å². The van der Waals surface area contributed by atoms with Crippen LogP contribution < -0.4 is 5.32 Å². The molecule has 0 amide bonds. The summed E-state index contributed by atoms with van der Waals surface area (Å²) in [6.07, 6.45) is 3.04. The van der Waals surface area contributed by atoms with Gasteiger partial charge in [-0.05, 0) is 5.92 Å². The molecule has 3 N–H and O–H groups in total. The largest absolute Gasteiger partial charge is 0.394 e. The fourth-order valence-corrected chi connectivity index (χ4v) is 1.47. The number of anilines is 1. The number of imidazole rings is 1. The molecule has 2 aromatic rings. The number of aliphatic hydroxyl groups is 1. The van der Waals surface area contributed by atoms with Gasteiger partial charge in [0.05, 0.1) is 19.0 Å². The van der Waals surface area contributed by atoms with Gasteiger partial charge in [0.15, 0.2) is 11.5 Å². The number of hydrogen-bond acceptors (Lipinski definition) is 5. The topological polar surface area (TPSA) is 86.7 Å². The van der Waals surface area contributed by atoms with E-state index in [1.54, 1.807) is 6.33 Å². The van der Waals surface area contributed by atoms with E-state index >= 15 is 0 Å².